The van der Waals surface area contributed by atoms with Crippen LogP contribution in [0.5, 0.6) is 5.75 Å². The molecular formula is C12H9ClF3NO. The lowest BCUT2D eigenvalue weighted by molar-refractivity contribution is -0.136. The molecule has 0 fully saturated rings. The van der Waals surface area contributed by atoms with E-state index in [1.807, 2.05) is 0 Å². The summed E-state index contributed by atoms with van der Waals surface area (Å²) in [5, 5.41) is -0.190. The SMILES string of the molecule is COc1ccc(C)c2c(C(F)(F)F)cc(Cl)nc12. The van der Waals surface area contributed by atoms with Crippen LogP contribution in [0.1, 0.15) is 11.1 Å². The number of aromatic nitrogens is 1. The van der Waals surface area contributed by atoms with Gasteiger partial charge in [0.1, 0.15) is 16.4 Å². The lowest BCUT2D eigenvalue weighted by Crippen LogP contribution is -2.08. The van der Waals surface area contributed by atoms with Crippen molar-refractivity contribution in [2.75, 3.05) is 7.11 Å². The zero-order valence-electron chi connectivity index (χ0n) is 9.60. The Kier molecular flexibility index (Phi) is 3.11. The summed E-state index contributed by atoms with van der Waals surface area (Å²) in [5.74, 6) is 0.267. The molecule has 0 saturated heterocycles. The van der Waals surface area contributed by atoms with Crippen LogP contribution >= 0.6 is 11.6 Å². The van der Waals surface area contributed by atoms with E-state index in [9.17, 15) is 13.2 Å². The fourth-order valence-electron chi connectivity index (χ4n) is 1.84. The van der Waals surface area contributed by atoms with Crippen molar-refractivity contribution in [3.63, 3.8) is 0 Å². The number of methoxy groups -OCH3 is 1. The predicted octanol–water partition coefficient (Wildman–Crippen LogP) is 4.22. The number of hydrogen-bond acceptors (Lipinski definition) is 2. The van der Waals surface area contributed by atoms with Gasteiger partial charge in [0.15, 0.2) is 0 Å². The van der Waals surface area contributed by atoms with E-state index >= 15 is 0 Å². The highest BCUT2D eigenvalue weighted by Crippen LogP contribution is 2.39. The van der Waals surface area contributed by atoms with Crippen LogP contribution in [-0.4, -0.2) is 12.1 Å². The molecule has 0 bridgehead atoms. The second-order valence-electron chi connectivity index (χ2n) is 3.80. The molecule has 0 aliphatic rings. The van der Waals surface area contributed by atoms with E-state index in [1.54, 1.807) is 19.1 Å². The minimum Gasteiger partial charge on any atom is -0.494 e. The molecular weight excluding hydrogens is 267 g/mol. The van der Waals surface area contributed by atoms with Gasteiger partial charge in [-0.2, -0.15) is 13.2 Å². The predicted molar refractivity (Wildman–Crippen MR) is 63.0 cm³/mol. The van der Waals surface area contributed by atoms with Crippen LogP contribution in [-0.2, 0) is 6.18 Å². The highest BCUT2D eigenvalue weighted by molar-refractivity contribution is 6.30. The largest absolute Gasteiger partial charge is 0.494 e. The van der Waals surface area contributed by atoms with E-state index in [-0.39, 0.29) is 21.8 Å². The first-order valence-electron chi connectivity index (χ1n) is 5.05. The number of fused-ring (bicyclic) bond motifs is 1. The molecule has 6 heteroatoms. The summed E-state index contributed by atoms with van der Waals surface area (Å²) < 4.78 is 44.0. The third kappa shape index (κ3) is 2.10. The first kappa shape index (κ1) is 13.0. The van der Waals surface area contributed by atoms with E-state index < -0.39 is 11.7 Å². The third-order valence-electron chi connectivity index (χ3n) is 2.63. The lowest BCUT2D eigenvalue weighted by Gasteiger charge is -2.14. The molecule has 0 atom stereocenters. The second-order valence-corrected chi connectivity index (χ2v) is 4.19. The molecule has 1 aromatic carbocycles. The quantitative estimate of drug-likeness (QED) is 0.727. The summed E-state index contributed by atoms with van der Waals surface area (Å²) in [6.45, 7) is 1.59. The molecule has 18 heavy (non-hydrogen) atoms. The van der Waals surface area contributed by atoms with Gasteiger partial charge in [-0.3, -0.25) is 0 Å². The highest BCUT2D eigenvalue weighted by atomic mass is 35.5. The van der Waals surface area contributed by atoms with E-state index in [1.165, 1.54) is 7.11 Å². The maximum absolute atomic E-state index is 13.0. The Labute approximate surface area is 106 Å². The Morgan fingerprint density at radius 2 is 1.94 bits per heavy atom. The van der Waals surface area contributed by atoms with E-state index in [4.69, 9.17) is 16.3 Å². The van der Waals surface area contributed by atoms with Crippen LogP contribution in [0.3, 0.4) is 0 Å². The van der Waals surface area contributed by atoms with Crippen molar-refractivity contribution in [1.29, 1.82) is 0 Å². The molecule has 0 radical (unpaired) electrons. The zero-order valence-corrected chi connectivity index (χ0v) is 10.4. The number of aryl methyl sites for hydroxylation is 1. The van der Waals surface area contributed by atoms with Crippen molar-refractivity contribution in [3.8, 4) is 5.75 Å². The van der Waals surface area contributed by atoms with Crippen molar-refractivity contribution in [1.82, 2.24) is 4.98 Å². The second kappa shape index (κ2) is 4.31. The number of rotatable bonds is 1. The van der Waals surface area contributed by atoms with Crippen molar-refractivity contribution >= 4 is 22.5 Å². The number of benzene rings is 1. The number of ether oxygens (including phenoxy) is 1. The first-order valence-corrected chi connectivity index (χ1v) is 5.43. The average Bonchev–Trinajstić information content (AvgIpc) is 2.27. The maximum Gasteiger partial charge on any atom is 0.417 e. The molecule has 2 nitrogen and oxygen atoms in total. The molecule has 0 saturated carbocycles. The smallest absolute Gasteiger partial charge is 0.417 e. The molecule has 0 amide bonds. The standard InChI is InChI=1S/C12H9ClF3NO/c1-6-3-4-8(18-2)11-10(6)7(12(14,15)16)5-9(13)17-11/h3-5H,1-2H3. The van der Waals surface area contributed by atoms with Gasteiger partial charge in [0, 0.05) is 5.39 Å². The van der Waals surface area contributed by atoms with E-state index in [2.05, 4.69) is 4.98 Å². The van der Waals surface area contributed by atoms with Crippen LogP contribution in [0, 0.1) is 6.92 Å². The van der Waals surface area contributed by atoms with Crippen LogP contribution in [0.25, 0.3) is 10.9 Å². The van der Waals surface area contributed by atoms with Gasteiger partial charge >= 0.3 is 6.18 Å². The minimum absolute atomic E-state index is 0.0197. The third-order valence-corrected chi connectivity index (χ3v) is 2.82. The van der Waals surface area contributed by atoms with Crippen molar-refractivity contribution < 1.29 is 17.9 Å². The average molecular weight is 276 g/mol. The fourth-order valence-corrected chi connectivity index (χ4v) is 2.04. The topological polar surface area (TPSA) is 22.1 Å². The van der Waals surface area contributed by atoms with Crippen molar-refractivity contribution in [3.05, 3.63) is 34.5 Å². The molecule has 96 valence electrons. The summed E-state index contributed by atoms with van der Waals surface area (Å²) >= 11 is 5.64. The summed E-state index contributed by atoms with van der Waals surface area (Å²) in [6.07, 6.45) is -4.48. The Hall–Kier alpha value is -1.49. The van der Waals surface area contributed by atoms with E-state index in [0.29, 0.717) is 5.56 Å². The van der Waals surface area contributed by atoms with Crippen LogP contribution in [0.4, 0.5) is 13.2 Å². The molecule has 0 aliphatic carbocycles. The molecule has 0 aliphatic heterocycles. The van der Waals surface area contributed by atoms with E-state index in [0.717, 1.165) is 6.07 Å². The minimum atomic E-state index is -4.48. The molecule has 1 heterocycles. The molecule has 0 spiro atoms. The van der Waals surface area contributed by atoms with Crippen molar-refractivity contribution in [2.24, 2.45) is 0 Å². The summed E-state index contributed by atoms with van der Waals surface area (Å²) in [7, 11) is 1.37. The van der Waals surface area contributed by atoms with Crippen LogP contribution in [0.2, 0.25) is 5.15 Å². The van der Waals surface area contributed by atoms with Gasteiger partial charge in [-0.05, 0) is 24.6 Å². The van der Waals surface area contributed by atoms with Crippen LogP contribution in [0.15, 0.2) is 18.2 Å². The molecule has 0 unspecified atom stereocenters. The van der Waals surface area contributed by atoms with Gasteiger partial charge in [-0.1, -0.05) is 17.7 Å². The molecule has 2 rings (SSSR count). The summed E-state index contributed by atoms with van der Waals surface area (Å²) in [6, 6.07) is 3.96. The Bertz CT molecular complexity index is 610. The van der Waals surface area contributed by atoms with Crippen molar-refractivity contribution in [2.45, 2.75) is 13.1 Å². The molecule has 1 aromatic heterocycles. The van der Waals surface area contributed by atoms with Gasteiger partial charge in [0.2, 0.25) is 0 Å². The Morgan fingerprint density at radius 3 is 2.50 bits per heavy atom. The number of hydrogen-bond donors (Lipinski definition) is 0. The maximum atomic E-state index is 13.0. The fraction of sp³-hybridized carbons (Fsp3) is 0.250. The van der Waals surface area contributed by atoms with Gasteiger partial charge in [0.05, 0.1) is 12.7 Å². The normalized spacial score (nSPS) is 11.9. The van der Waals surface area contributed by atoms with Gasteiger partial charge in [0.25, 0.3) is 0 Å². The van der Waals surface area contributed by atoms with Gasteiger partial charge in [-0.25, -0.2) is 4.98 Å². The number of alkyl halides is 3. The summed E-state index contributed by atoms with van der Waals surface area (Å²) in [4.78, 5) is 3.92. The number of nitrogens with zero attached hydrogens (tertiary/aromatic N) is 1. The number of halogens is 4. The molecule has 0 N–H and O–H groups in total. The number of pyridine rings is 1. The highest BCUT2D eigenvalue weighted by Gasteiger charge is 2.34. The summed E-state index contributed by atoms with van der Waals surface area (Å²) in [5.41, 5.74) is -0.200. The molecule has 2 aromatic rings. The Balaban J connectivity index is 2.95. The first-order chi connectivity index (χ1) is 8.34. The van der Waals surface area contributed by atoms with Crippen LogP contribution < -0.4 is 4.74 Å². The monoisotopic (exact) mass is 275 g/mol. The van der Waals surface area contributed by atoms with Gasteiger partial charge in [-0.15, -0.1) is 0 Å². The Morgan fingerprint density at radius 1 is 1.28 bits per heavy atom. The van der Waals surface area contributed by atoms with Gasteiger partial charge < -0.3 is 4.74 Å². The lowest BCUT2D eigenvalue weighted by atomic mass is 10.0. The zero-order chi connectivity index (χ0) is 13.5.